The molecule has 1 aliphatic carbocycles. The largest absolute Gasteiger partial charge is 0.478 e. The minimum Gasteiger partial charge on any atom is -0.478 e. The van der Waals surface area contributed by atoms with Crippen molar-refractivity contribution in [1.29, 1.82) is 0 Å². The first-order valence-electron chi connectivity index (χ1n) is 8.53. The summed E-state index contributed by atoms with van der Waals surface area (Å²) in [6.45, 7) is 7.95. The summed E-state index contributed by atoms with van der Waals surface area (Å²) in [5, 5.41) is 9.29. The van der Waals surface area contributed by atoms with Gasteiger partial charge in [0.25, 0.3) is 0 Å². The Hall–Kier alpha value is -2.10. The van der Waals surface area contributed by atoms with Crippen molar-refractivity contribution in [2.24, 2.45) is 5.92 Å². The molecule has 4 nitrogen and oxygen atoms in total. The van der Waals surface area contributed by atoms with Crippen molar-refractivity contribution in [3.05, 3.63) is 47.1 Å². The van der Waals surface area contributed by atoms with Gasteiger partial charge in [-0.05, 0) is 58.4 Å². The molecule has 1 N–H and O–H groups in total. The highest BCUT2D eigenvalue weighted by atomic mass is 16.5. The molecule has 0 radical (unpaired) electrons. The first kappa shape index (κ1) is 18.2. The molecule has 0 saturated carbocycles. The molecule has 4 heteroatoms. The third-order valence-electron chi connectivity index (χ3n) is 4.76. The molecule has 2 aliphatic rings. The molecule has 1 aliphatic heterocycles. The molecule has 1 fully saturated rings. The van der Waals surface area contributed by atoms with Gasteiger partial charge in [-0.15, -0.1) is 0 Å². The van der Waals surface area contributed by atoms with E-state index in [1.165, 1.54) is 5.57 Å². The fourth-order valence-electron chi connectivity index (χ4n) is 3.21. The van der Waals surface area contributed by atoms with Crippen LogP contribution in [-0.2, 0) is 14.3 Å². The second-order valence-electron chi connectivity index (χ2n) is 6.72. The third-order valence-corrected chi connectivity index (χ3v) is 4.76. The Kier molecular flexibility index (Phi) is 6.18. The molecular weight excluding hydrogens is 304 g/mol. The topological polar surface area (TPSA) is 63.6 Å². The fourth-order valence-corrected chi connectivity index (χ4v) is 3.21. The van der Waals surface area contributed by atoms with Crippen LogP contribution in [0.3, 0.4) is 0 Å². The normalized spacial score (nSPS) is 30.8. The Bertz CT molecular complexity index is 622. The Balaban J connectivity index is 2.23. The number of carboxylic acids is 1. The number of carbonyl (C=O) groups is 2. The average molecular weight is 330 g/mol. The van der Waals surface area contributed by atoms with Gasteiger partial charge in [0, 0.05) is 17.1 Å². The van der Waals surface area contributed by atoms with E-state index in [4.69, 9.17) is 4.74 Å². The van der Waals surface area contributed by atoms with E-state index in [0.717, 1.165) is 31.3 Å². The first-order valence-corrected chi connectivity index (χ1v) is 8.53. The minimum absolute atomic E-state index is 0.0314. The van der Waals surface area contributed by atoms with Crippen LogP contribution in [0.15, 0.2) is 47.1 Å². The molecule has 1 saturated heterocycles. The number of carboxylic acid groups (broad SMARTS) is 1. The molecule has 0 bridgehead atoms. The van der Waals surface area contributed by atoms with Crippen molar-refractivity contribution < 1.29 is 19.4 Å². The van der Waals surface area contributed by atoms with E-state index < -0.39 is 5.97 Å². The van der Waals surface area contributed by atoms with Crippen molar-refractivity contribution >= 4 is 11.9 Å². The van der Waals surface area contributed by atoms with E-state index in [2.05, 4.69) is 12.7 Å². The molecule has 0 aromatic rings. The van der Waals surface area contributed by atoms with Gasteiger partial charge < -0.3 is 9.84 Å². The van der Waals surface area contributed by atoms with Crippen molar-refractivity contribution in [1.82, 2.24) is 0 Å². The molecule has 0 amide bonds. The van der Waals surface area contributed by atoms with Crippen LogP contribution in [0, 0.1) is 5.92 Å². The lowest BCUT2D eigenvalue weighted by Gasteiger charge is -2.16. The van der Waals surface area contributed by atoms with Gasteiger partial charge in [0.1, 0.15) is 6.10 Å². The van der Waals surface area contributed by atoms with Crippen LogP contribution in [0.4, 0.5) is 0 Å². The highest BCUT2D eigenvalue weighted by Gasteiger charge is 2.36. The van der Waals surface area contributed by atoms with E-state index in [1.54, 1.807) is 0 Å². The molecule has 1 heterocycles. The van der Waals surface area contributed by atoms with E-state index in [9.17, 15) is 14.7 Å². The SMILES string of the molecule is C=C1C(=O)O[C@H]2C=C(C)CC/C=C(/C(=O)O)CC/C=C(/C)CC[C@H]12. The zero-order valence-electron chi connectivity index (χ0n) is 14.5. The third kappa shape index (κ3) is 4.70. The Morgan fingerprint density at radius 2 is 1.88 bits per heavy atom. The average Bonchev–Trinajstić information content (AvgIpc) is 2.77. The quantitative estimate of drug-likeness (QED) is 0.441. The summed E-state index contributed by atoms with van der Waals surface area (Å²) in [5.41, 5.74) is 3.36. The van der Waals surface area contributed by atoms with Crippen LogP contribution in [-0.4, -0.2) is 23.1 Å². The number of hydrogen-bond acceptors (Lipinski definition) is 3. The van der Waals surface area contributed by atoms with Crippen LogP contribution in [0.2, 0.25) is 0 Å². The number of aliphatic carboxylic acids is 1. The number of fused-ring (bicyclic) bond motifs is 1. The number of allylic oxidation sites excluding steroid dienone is 4. The van der Waals surface area contributed by atoms with Crippen LogP contribution in [0.1, 0.15) is 52.4 Å². The second-order valence-corrected chi connectivity index (χ2v) is 6.72. The second kappa shape index (κ2) is 8.13. The van der Waals surface area contributed by atoms with E-state index in [1.807, 2.05) is 26.0 Å². The van der Waals surface area contributed by atoms with E-state index >= 15 is 0 Å². The first-order chi connectivity index (χ1) is 11.4. The molecule has 0 aromatic heterocycles. The number of esters is 1. The standard InChI is InChI=1S/C20H26O4/c1-13-6-4-8-16(19(21)22)9-5-7-14(2)12-18-17(11-10-13)15(3)20(23)24-18/h6,9,12,17-18H,3-5,7-8,10-11H2,1-2H3,(H,21,22)/b13-6-,14-12?,16-9+/t17-,18+/m1/s1. The summed E-state index contributed by atoms with van der Waals surface area (Å²) in [5.74, 6) is -1.10. The summed E-state index contributed by atoms with van der Waals surface area (Å²) < 4.78 is 5.46. The predicted octanol–water partition coefficient (Wildman–Crippen LogP) is 4.34. The molecule has 2 rings (SSSR count). The maximum atomic E-state index is 11.8. The molecule has 0 unspecified atom stereocenters. The summed E-state index contributed by atoms with van der Waals surface area (Å²) in [6.07, 6.45) is 10.1. The van der Waals surface area contributed by atoms with Crippen molar-refractivity contribution in [3.8, 4) is 0 Å². The smallest absolute Gasteiger partial charge is 0.334 e. The lowest BCUT2D eigenvalue weighted by molar-refractivity contribution is -0.137. The highest BCUT2D eigenvalue weighted by molar-refractivity contribution is 5.91. The lowest BCUT2D eigenvalue weighted by Crippen LogP contribution is -2.15. The molecule has 130 valence electrons. The van der Waals surface area contributed by atoms with Gasteiger partial charge in [-0.1, -0.05) is 29.9 Å². The van der Waals surface area contributed by atoms with Crippen molar-refractivity contribution in [2.45, 2.75) is 58.5 Å². The van der Waals surface area contributed by atoms with Crippen molar-refractivity contribution in [3.63, 3.8) is 0 Å². The Morgan fingerprint density at radius 3 is 2.58 bits per heavy atom. The zero-order chi connectivity index (χ0) is 17.7. The maximum Gasteiger partial charge on any atom is 0.334 e. The summed E-state index contributed by atoms with van der Waals surface area (Å²) in [6, 6.07) is 0. The van der Waals surface area contributed by atoms with E-state index in [0.29, 0.717) is 24.0 Å². The van der Waals surface area contributed by atoms with Gasteiger partial charge in [0.2, 0.25) is 0 Å². The monoisotopic (exact) mass is 330 g/mol. The minimum atomic E-state index is -0.837. The Labute approximate surface area is 143 Å². The molecule has 2 atom stereocenters. The Morgan fingerprint density at radius 1 is 1.17 bits per heavy atom. The summed E-state index contributed by atoms with van der Waals surface area (Å²) in [7, 11) is 0. The van der Waals surface area contributed by atoms with Gasteiger partial charge in [-0.2, -0.15) is 0 Å². The van der Waals surface area contributed by atoms with Gasteiger partial charge in [0.05, 0.1) is 0 Å². The maximum absolute atomic E-state index is 11.8. The number of rotatable bonds is 1. The van der Waals surface area contributed by atoms with Gasteiger partial charge in [-0.3, -0.25) is 0 Å². The van der Waals surface area contributed by atoms with Crippen LogP contribution >= 0.6 is 0 Å². The summed E-state index contributed by atoms with van der Waals surface area (Å²) >= 11 is 0. The highest BCUT2D eigenvalue weighted by Crippen LogP contribution is 2.33. The molecular formula is C20H26O4. The summed E-state index contributed by atoms with van der Waals surface area (Å²) in [4.78, 5) is 23.2. The van der Waals surface area contributed by atoms with Crippen LogP contribution in [0.5, 0.6) is 0 Å². The van der Waals surface area contributed by atoms with Gasteiger partial charge in [0.15, 0.2) is 0 Å². The molecule has 0 aromatic carbocycles. The van der Waals surface area contributed by atoms with Gasteiger partial charge >= 0.3 is 11.9 Å². The lowest BCUT2D eigenvalue weighted by atomic mass is 9.89. The van der Waals surface area contributed by atoms with Gasteiger partial charge in [-0.25, -0.2) is 9.59 Å². The van der Waals surface area contributed by atoms with Crippen molar-refractivity contribution in [2.75, 3.05) is 0 Å². The molecule has 0 spiro atoms. The van der Waals surface area contributed by atoms with Crippen LogP contribution in [0.25, 0.3) is 0 Å². The van der Waals surface area contributed by atoms with Crippen LogP contribution < -0.4 is 0 Å². The molecule has 24 heavy (non-hydrogen) atoms. The number of hydrogen-bond donors (Lipinski definition) is 1. The fraction of sp³-hybridized carbons (Fsp3) is 0.500. The number of ether oxygens (including phenoxy) is 1. The number of carbonyl (C=O) groups excluding carboxylic acids is 1. The predicted molar refractivity (Wildman–Crippen MR) is 93.4 cm³/mol. The zero-order valence-corrected chi connectivity index (χ0v) is 14.5. The van der Waals surface area contributed by atoms with E-state index in [-0.39, 0.29) is 18.0 Å².